The fraction of sp³-hybridized carbons (Fsp3) is 0.520. The number of hydrogen-bond acceptors (Lipinski definition) is 5. The number of carbonyl (C=O) groups excluding carboxylic acids is 3. The Balaban J connectivity index is 1.35. The zero-order chi connectivity index (χ0) is 24.2. The molecule has 180 valence electrons. The highest BCUT2D eigenvalue weighted by Gasteiger charge is 2.31. The number of aryl methyl sites for hydroxylation is 1. The van der Waals surface area contributed by atoms with Crippen molar-refractivity contribution in [2.24, 2.45) is 18.7 Å². The van der Waals surface area contributed by atoms with Gasteiger partial charge in [-0.05, 0) is 56.7 Å². The van der Waals surface area contributed by atoms with Crippen LogP contribution in [0, 0.1) is 17.8 Å². The molecule has 1 unspecified atom stereocenters. The summed E-state index contributed by atoms with van der Waals surface area (Å²) in [5.41, 5.74) is 7.69. The minimum atomic E-state index is -0.702. The van der Waals surface area contributed by atoms with Crippen LogP contribution < -0.4 is 22.1 Å². The van der Waals surface area contributed by atoms with E-state index in [0.29, 0.717) is 30.4 Å². The molecule has 2 heterocycles. The van der Waals surface area contributed by atoms with E-state index in [9.17, 15) is 19.2 Å². The average molecular weight is 466 g/mol. The van der Waals surface area contributed by atoms with Gasteiger partial charge in [-0.25, -0.2) is 4.79 Å². The summed E-state index contributed by atoms with van der Waals surface area (Å²) in [4.78, 5) is 48.8. The van der Waals surface area contributed by atoms with Crippen LogP contribution in [-0.2, 0) is 21.4 Å². The van der Waals surface area contributed by atoms with E-state index in [2.05, 4.69) is 22.5 Å². The highest BCUT2D eigenvalue weighted by atomic mass is 16.2. The van der Waals surface area contributed by atoms with Crippen LogP contribution in [0.3, 0.4) is 0 Å². The fourth-order valence-corrected chi connectivity index (χ4v) is 4.75. The zero-order valence-corrected chi connectivity index (χ0v) is 19.4. The molecular formula is C25H31N5O4. The molecule has 0 bridgehead atoms. The summed E-state index contributed by atoms with van der Waals surface area (Å²) in [5.74, 6) is 5.68. The van der Waals surface area contributed by atoms with Crippen LogP contribution in [-0.4, -0.2) is 39.4 Å². The van der Waals surface area contributed by atoms with Gasteiger partial charge in [-0.1, -0.05) is 11.8 Å². The maximum atomic E-state index is 12.8. The Kier molecular flexibility index (Phi) is 7.17. The lowest BCUT2D eigenvalue weighted by atomic mass is 9.86. The van der Waals surface area contributed by atoms with Gasteiger partial charge in [0.2, 0.25) is 17.7 Å². The van der Waals surface area contributed by atoms with Crippen molar-refractivity contribution in [2.75, 3.05) is 6.54 Å². The lowest BCUT2D eigenvalue weighted by Gasteiger charge is -2.25. The third-order valence-electron chi connectivity index (χ3n) is 6.76. The van der Waals surface area contributed by atoms with Crippen molar-refractivity contribution in [3.8, 4) is 11.8 Å². The van der Waals surface area contributed by atoms with Crippen LogP contribution in [0.5, 0.6) is 0 Å². The van der Waals surface area contributed by atoms with Gasteiger partial charge in [0.15, 0.2) is 0 Å². The average Bonchev–Trinajstić information content (AvgIpc) is 3.06. The molecule has 9 nitrogen and oxygen atoms in total. The molecule has 9 heteroatoms. The summed E-state index contributed by atoms with van der Waals surface area (Å²) < 4.78 is 2.95. The molecule has 2 aromatic rings. The van der Waals surface area contributed by atoms with Crippen molar-refractivity contribution < 1.29 is 14.4 Å². The largest absolute Gasteiger partial charge is 0.356 e. The lowest BCUT2D eigenvalue weighted by Crippen LogP contribution is -2.44. The zero-order valence-electron chi connectivity index (χ0n) is 19.4. The number of imide groups is 1. The molecule has 3 amide bonds. The van der Waals surface area contributed by atoms with Crippen LogP contribution in [0.25, 0.3) is 11.0 Å². The first kappa shape index (κ1) is 23.8. The Morgan fingerprint density at radius 3 is 2.65 bits per heavy atom. The van der Waals surface area contributed by atoms with Crippen LogP contribution >= 0.6 is 0 Å². The Morgan fingerprint density at radius 2 is 1.91 bits per heavy atom. The van der Waals surface area contributed by atoms with Crippen molar-refractivity contribution in [2.45, 2.75) is 63.5 Å². The summed E-state index contributed by atoms with van der Waals surface area (Å²) in [5, 5.41) is 5.31. The van der Waals surface area contributed by atoms with Gasteiger partial charge in [-0.15, -0.1) is 0 Å². The molecule has 1 atom stereocenters. The highest BCUT2D eigenvalue weighted by molar-refractivity contribution is 6.00. The molecule has 2 aliphatic rings. The first-order chi connectivity index (χ1) is 16.3. The quantitative estimate of drug-likeness (QED) is 0.346. The molecule has 1 saturated heterocycles. The van der Waals surface area contributed by atoms with Gasteiger partial charge in [0.05, 0.1) is 11.0 Å². The predicted molar refractivity (Wildman–Crippen MR) is 128 cm³/mol. The number of fused-ring (bicyclic) bond motifs is 1. The molecular weight excluding hydrogens is 434 g/mol. The number of nitrogens with one attached hydrogen (secondary N) is 2. The molecule has 0 radical (unpaired) electrons. The van der Waals surface area contributed by atoms with Gasteiger partial charge >= 0.3 is 5.69 Å². The van der Waals surface area contributed by atoms with Crippen LogP contribution in [0.15, 0.2) is 23.0 Å². The molecule has 1 aromatic heterocycles. The first-order valence-electron chi connectivity index (χ1n) is 11.9. The lowest BCUT2D eigenvalue weighted by molar-refractivity contribution is -0.135. The maximum Gasteiger partial charge on any atom is 0.329 e. The molecule has 1 aromatic carbocycles. The number of rotatable bonds is 5. The van der Waals surface area contributed by atoms with Crippen molar-refractivity contribution in [3.05, 3.63) is 34.2 Å². The minimum absolute atomic E-state index is 0.0803. The second-order valence-electron chi connectivity index (χ2n) is 9.19. The molecule has 4 rings (SSSR count). The summed E-state index contributed by atoms with van der Waals surface area (Å²) in [6, 6.07) is 4.98. The SMILES string of the molecule is Cn1c(=O)n(C2CCC(=O)NC2=O)c2ccc(C#CCCCNC(=O)[C@H]3CC[C@H](N)CC3)cc21. The van der Waals surface area contributed by atoms with E-state index in [1.165, 1.54) is 9.13 Å². The second-order valence-corrected chi connectivity index (χ2v) is 9.19. The summed E-state index contributed by atoms with van der Waals surface area (Å²) >= 11 is 0. The summed E-state index contributed by atoms with van der Waals surface area (Å²) in [7, 11) is 1.66. The number of unbranched alkanes of at least 4 members (excludes halogenated alkanes) is 1. The monoisotopic (exact) mass is 465 g/mol. The highest BCUT2D eigenvalue weighted by Crippen LogP contribution is 2.24. The molecule has 0 spiro atoms. The standard InChI is InChI=1S/C25H31N5O4/c1-29-21-15-16(5-3-2-4-14-27-23(32)17-7-9-18(26)10-8-17)6-11-19(21)30(25(29)34)20-12-13-22(31)28-24(20)33/h6,11,15,17-18,20H,2,4,7-10,12-14,26H2,1H3,(H,27,32)(H,28,31,33)/t17-,18-,20?. The molecule has 1 aliphatic carbocycles. The third kappa shape index (κ3) is 5.07. The predicted octanol–water partition coefficient (Wildman–Crippen LogP) is 1.08. The number of imidazole rings is 1. The van der Waals surface area contributed by atoms with Gasteiger partial charge < -0.3 is 11.1 Å². The third-order valence-corrected chi connectivity index (χ3v) is 6.76. The van der Waals surface area contributed by atoms with Crippen molar-refractivity contribution >= 4 is 28.8 Å². The molecule has 34 heavy (non-hydrogen) atoms. The van der Waals surface area contributed by atoms with Gasteiger partial charge in [0.25, 0.3) is 0 Å². The van der Waals surface area contributed by atoms with Crippen molar-refractivity contribution in [1.82, 2.24) is 19.8 Å². The Morgan fingerprint density at radius 1 is 1.15 bits per heavy atom. The van der Waals surface area contributed by atoms with E-state index in [-0.39, 0.29) is 35.9 Å². The van der Waals surface area contributed by atoms with Gasteiger partial charge in [0.1, 0.15) is 6.04 Å². The van der Waals surface area contributed by atoms with Crippen LogP contribution in [0.1, 0.15) is 63.0 Å². The number of hydrogen-bond donors (Lipinski definition) is 3. The maximum absolute atomic E-state index is 12.8. The number of piperidine rings is 1. The number of carbonyl (C=O) groups is 3. The van der Waals surface area contributed by atoms with Crippen LogP contribution in [0.2, 0.25) is 0 Å². The van der Waals surface area contributed by atoms with E-state index in [4.69, 9.17) is 5.73 Å². The van der Waals surface area contributed by atoms with E-state index in [1.807, 2.05) is 12.1 Å². The van der Waals surface area contributed by atoms with Crippen LogP contribution in [0.4, 0.5) is 0 Å². The molecule has 1 aliphatic heterocycles. The number of nitrogens with zero attached hydrogens (tertiary/aromatic N) is 2. The number of benzene rings is 1. The van der Waals surface area contributed by atoms with E-state index in [1.54, 1.807) is 13.1 Å². The second kappa shape index (κ2) is 10.3. The summed E-state index contributed by atoms with van der Waals surface area (Å²) in [6.07, 6.45) is 5.47. The first-order valence-corrected chi connectivity index (χ1v) is 11.9. The molecule has 2 fully saturated rings. The van der Waals surface area contributed by atoms with E-state index in [0.717, 1.165) is 37.7 Å². The Bertz CT molecular complexity index is 1220. The van der Waals surface area contributed by atoms with E-state index < -0.39 is 11.9 Å². The Labute approximate surface area is 198 Å². The molecule has 4 N–H and O–H groups in total. The smallest absolute Gasteiger partial charge is 0.329 e. The number of aromatic nitrogens is 2. The topological polar surface area (TPSA) is 128 Å². The minimum Gasteiger partial charge on any atom is -0.356 e. The normalized spacial score (nSPS) is 22.7. The Hall–Kier alpha value is -3.38. The number of amides is 3. The van der Waals surface area contributed by atoms with E-state index >= 15 is 0 Å². The van der Waals surface area contributed by atoms with Crippen molar-refractivity contribution in [1.29, 1.82) is 0 Å². The van der Waals surface area contributed by atoms with Crippen molar-refractivity contribution in [3.63, 3.8) is 0 Å². The fourth-order valence-electron chi connectivity index (χ4n) is 4.75. The summed E-state index contributed by atoms with van der Waals surface area (Å²) in [6.45, 7) is 0.596. The van der Waals surface area contributed by atoms with Gasteiger partial charge in [-0.2, -0.15) is 0 Å². The molecule has 1 saturated carbocycles. The van der Waals surface area contributed by atoms with Gasteiger partial charge in [-0.3, -0.25) is 28.8 Å². The number of nitrogens with two attached hydrogens (primary N) is 1. The van der Waals surface area contributed by atoms with Gasteiger partial charge in [0, 0.05) is 44.0 Å².